The van der Waals surface area contributed by atoms with Crippen molar-refractivity contribution in [2.45, 2.75) is 40.5 Å². The molecule has 3 nitrogen and oxygen atoms in total. The maximum absolute atomic E-state index is 12.0. The third kappa shape index (κ3) is 2.21. The van der Waals surface area contributed by atoms with Crippen LogP contribution in [0.1, 0.15) is 43.0 Å². The Morgan fingerprint density at radius 2 is 1.68 bits per heavy atom. The average Bonchev–Trinajstić information content (AvgIpc) is 2.63. The smallest absolute Gasteiger partial charge is 0.259 e. The highest BCUT2D eigenvalue weighted by atomic mass is 16.2. The van der Waals surface area contributed by atoms with Crippen molar-refractivity contribution in [2.75, 3.05) is 0 Å². The molecule has 0 fully saturated rings. The molecular weight excluding hydrogens is 238 g/mol. The van der Waals surface area contributed by atoms with Crippen LogP contribution in [0.15, 0.2) is 17.7 Å². The van der Waals surface area contributed by atoms with Gasteiger partial charge in [-0.3, -0.25) is 14.9 Å². The lowest BCUT2D eigenvalue weighted by Gasteiger charge is -2.14. The van der Waals surface area contributed by atoms with Crippen LogP contribution in [-0.4, -0.2) is 11.8 Å². The highest BCUT2D eigenvalue weighted by Crippen LogP contribution is 2.31. The van der Waals surface area contributed by atoms with Crippen molar-refractivity contribution in [1.29, 1.82) is 0 Å². The number of carbonyl (C=O) groups excluding carboxylic acids is 2. The number of hydrogen-bond donors (Lipinski definition) is 1. The predicted molar refractivity (Wildman–Crippen MR) is 75.7 cm³/mol. The van der Waals surface area contributed by atoms with Crippen LogP contribution in [0, 0.1) is 6.92 Å². The van der Waals surface area contributed by atoms with E-state index in [4.69, 9.17) is 0 Å². The molecule has 0 aromatic heterocycles. The van der Waals surface area contributed by atoms with E-state index in [1.807, 2.05) is 6.92 Å². The van der Waals surface area contributed by atoms with Crippen LogP contribution in [-0.2, 0) is 22.4 Å². The van der Waals surface area contributed by atoms with Gasteiger partial charge in [-0.1, -0.05) is 26.0 Å². The molecule has 2 rings (SSSR count). The highest BCUT2D eigenvalue weighted by molar-refractivity contribution is 6.36. The first kappa shape index (κ1) is 13.5. The minimum absolute atomic E-state index is 0.274. The van der Waals surface area contributed by atoms with Crippen molar-refractivity contribution < 1.29 is 9.59 Å². The lowest BCUT2D eigenvalue weighted by atomic mass is 9.89. The number of amides is 2. The number of imide groups is 1. The monoisotopic (exact) mass is 257 g/mol. The topological polar surface area (TPSA) is 46.2 Å². The summed E-state index contributed by atoms with van der Waals surface area (Å²) in [6, 6.07) is 4.24. The Balaban J connectivity index is 2.69. The maximum Gasteiger partial charge on any atom is 0.259 e. The van der Waals surface area contributed by atoms with E-state index < -0.39 is 0 Å². The largest absolute Gasteiger partial charge is 0.288 e. The number of nitrogens with one attached hydrogen (secondary N) is 1. The fourth-order valence-electron chi connectivity index (χ4n) is 2.63. The number of benzene rings is 1. The first-order valence-corrected chi connectivity index (χ1v) is 6.68. The third-order valence-electron chi connectivity index (χ3n) is 3.69. The minimum atomic E-state index is -0.277. The van der Waals surface area contributed by atoms with Crippen LogP contribution in [0.4, 0.5) is 0 Å². The normalized spacial score (nSPS) is 15.2. The quantitative estimate of drug-likeness (QED) is 0.846. The van der Waals surface area contributed by atoms with Crippen molar-refractivity contribution in [2.24, 2.45) is 0 Å². The molecule has 0 spiro atoms. The minimum Gasteiger partial charge on any atom is -0.288 e. The molecule has 3 heteroatoms. The first-order chi connectivity index (χ1) is 8.99. The van der Waals surface area contributed by atoms with Crippen molar-refractivity contribution in [1.82, 2.24) is 5.32 Å². The van der Waals surface area contributed by atoms with Crippen molar-refractivity contribution >= 4 is 17.4 Å². The van der Waals surface area contributed by atoms with Crippen LogP contribution in [0.3, 0.4) is 0 Å². The van der Waals surface area contributed by atoms with Crippen LogP contribution in [0.5, 0.6) is 0 Å². The fourth-order valence-corrected chi connectivity index (χ4v) is 2.63. The van der Waals surface area contributed by atoms with Gasteiger partial charge in [0, 0.05) is 5.57 Å². The Morgan fingerprint density at radius 3 is 2.16 bits per heavy atom. The summed E-state index contributed by atoms with van der Waals surface area (Å²) in [7, 11) is 0. The zero-order valence-electron chi connectivity index (χ0n) is 11.9. The van der Waals surface area contributed by atoms with E-state index in [2.05, 4.69) is 31.3 Å². The zero-order valence-corrected chi connectivity index (χ0v) is 11.9. The van der Waals surface area contributed by atoms with E-state index in [0.29, 0.717) is 11.1 Å². The van der Waals surface area contributed by atoms with Crippen molar-refractivity contribution in [3.8, 4) is 0 Å². The molecule has 1 N–H and O–H groups in total. The lowest BCUT2D eigenvalue weighted by molar-refractivity contribution is -0.123. The van der Waals surface area contributed by atoms with E-state index in [9.17, 15) is 9.59 Å². The van der Waals surface area contributed by atoms with Gasteiger partial charge >= 0.3 is 0 Å². The Morgan fingerprint density at radius 1 is 1.00 bits per heavy atom. The van der Waals surface area contributed by atoms with Crippen molar-refractivity contribution in [3.63, 3.8) is 0 Å². The van der Waals surface area contributed by atoms with Gasteiger partial charge in [-0.05, 0) is 48.9 Å². The van der Waals surface area contributed by atoms with E-state index in [1.54, 1.807) is 6.92 Å². The van der Waals surface area contributed by atoms with E-state index in [0.717, 1.165) is 29.5 Å². The van der Waals surface area contributed by atoms with Gasteiger partial charge in [-0.2, -0.15) is 0 Å². The van der Waals surface area contributed by atoms with Gasteiger partial charge in [0.25, 0.3) is 11.8 Å². The molecule has 100 valence electrons. The number of carbonyl (C=O) groups is 2. The molecule has 1 aliphatic rings. The standard InChI is InChI=1S/C16H19NO2/c1-5-11-7-9(3)13(12(6-2)8-11)14-10(4)15(18)17-16(14)19/h7-8H,5-6H2,1-4H3,(H,17,18,19). The first-order valence-electron chi connectivity index (χ1n) is 6.68. The highest BCUT2D eigenvalue weighted by Gasteiger charge is 2.30. The Bertz CT molecular complexity index is 597. The van der Waals surface area contributed by atoms with E-state index in [1.165, 1.54) is 5.56 Å². The predicted octanol–water partition coefficient (Wildman–Crippen LogP) is 2.55. The Labute approximate surface area is 113 Å². The van der Waals surface area contributed by atoms with Gasteiger partial charge < -0.3 is 0 Å². The Hall–Kier alpha value is -1.90. The summed E-state index contributed by atoms with van der Waals surface area (Å²) in [5, 5.41) is 2.37. The lowest BCUT2D eigenvalue weighted by Crippen LogP contribution is -2.23. The van der Waals surface area contributed by atoms with Crippen molar-refractivity contribution in [3.05, 3.63) is 40.0 Å². The van der Waals surface area contributed by atoms with Gasteiger partial charge in [-0.15, -0.1) is 0 Å². The second kappa shape index (κ2) is 5.00. The summed E-state index contributed by atoms with van der Waals surface area (Å²) < 4.78 is 0. The molecule has 1 heterocycles. The molecular formula is C16H19NO2. The molecule has 0 bridgehead atoms. The van der Waals surface area contributed by atoms with Crippen LogP contribution >= 0.6 is 0 Å². The second-order valence-corrected chi connectivity index (χ2v) is 4.94. The molecule has 2 amide bonds. The molecule has 0 saturated carbocycles. The molecule has 0 atom stereocenters. The molecule has 0 aliphatic carbocycles. The van der Waals surface area contributed by atoms with Crippen LogP contribution in [0.2, 0.25) is 0 Å². The molecule has 0 saturated heterocycles. The summed E-state index contributed by atoms with van der Waals surface area (Å²) in [5.74, 6) is -0.550. The fraction of sp³-hybridized carbons (Fsp3) is 0.375. The molecule has 1 aromatic rings. The van der Waals surface area contributed by atoms with Gasteiger partial charge in [0.2, 0.25) is 0 Å². The zero-order chi connectivity index (χ0) is 14.2. The van der Waals surface area contributed by atoms with Gasteiger partial charge in [0.05, 0.1) is 5.57 Å². The van der Waals surface area contributed by atoms with Crippen LogP contribution in [0.25, 0.3) is 5.57 Å². The third-order valence-corrected chi connectivity index (χ3v) is 3.69. The summed E-state index contributed by atoms with van der Waals surface area (Å²) in [6.07, 6.45) is 1.82. The van der Waals surface area contributed by atoms with E-state index in [-0.39, 0.29) is 11.8 Å². The van der Waals surface area contributed by atoms with Crippen LogP contribution < -0.4 is 5.32 Å². The molecule has 19 heavy (non-hydrogen) atoms. The number of hydrogen-bond acceptors (Lipinski definition) is 2. The molecule has 0 unspecified atom stereocenters. The SMILES string of the molecule is CCc1cc(C)c(C2=C(C)C(=O)NC2=O)c(CC)c1. The van der Waals surface area contributed by atoms with Gasteiger partial charge in [-0.25, -0.2) is 0 Å². The molecule has 1 aliphatic heterocycles. The molecule has 1 aromatic carbocycles. The summed E-state index contributed by atoms with van der Waals surface area (Å²) in [4.78, 5) is 23.6. The molecule has 0 radical (unpaired) electrons. The summed E-state index contributed by atoms with van der Waals surface area (Å²) >= 11 is 0. The Kier molecular flexibility index (Phi) is 3.56. The van der Waals surface area contributed by atoms with E-state index >= 15 is 0 Å². The van der Waals surface area contributed by atoms with Gasteiger partial charge in [0.15, 0.2) is 0 Å². The van der Waals surface area contributed by atoms with Gasteiger partial charge in [0.1, 0.15) is 0 Å². The summed E-state index contributed by atoms with van der Waals surface area (Å²) in [6.45, 7) is 7.90. The summed E-state index contributed by atoms with van der Waals surface area (Å²) in [5.41, 5.74) is 5.46. The number of rotatable bonds is 3. The number of aryl methyl sites for hydroxylation is 3. The average molecular weight is 257 g/mol. The second-order valence-electron chi connectivity index (χ2n) is 4.94. The maximum atomic E-state index is 12.0.